The monoisotopic (exact) mass is 275 g/mol. The smallest absolute Gasteiger partial charge is 0.131 e. The van der Waals surface area contributed by atoms with E-state index < -0.39 is 0 Å². The minimum Gasteiger partial charge on any atom is -0.328 e. The minimum atomic E-state index is 0.173. The third-order valence-corrected chi connectivity index (χ3v) is 4.60. The van der Waals surface area contributed by atoms with Gasteiger partial charge in [0, 0.05) is 24.4 Å². The lowest BCUT2D eigenvalue weighted by Crippen LogP contribution is -2.25. The molecule has 1 aliphatic rings. The average Bonchev–Trinajstić information content (AvgIpc) is 2.38. The van der Waals surface area contributed by atoms with Crippen molar-refractivity contribution in [2.75, 3.05) is 0 Å². The van der Waals surface area contributed by atoms with Crippen LogP contribution in [0.4, 0.5) is 0 Å². The third kappa shape index (κ3) is 4.02. The highest BCUT2D eigenvalue weighted by Gasteiger charge is 2.31. The maximum absolute atomic E-state index is 5.81. The van der Waals surface area contributed by atoms with E-state index in [2.05, 4.69) is 30.7 Å². The van der Waals surface area contributed by atoms with Crippen LogP contribution in [0.15, 0.2) is 12.4 Å². The Morgan fingerprint density at radius 3 is 2.15 bits per heavy atom. The number of aromatic nitrogens is 2. The van der Waals surface area contributed by atoms with Gasteiger partial charge in [-0.3, -0.25) is 0 Å². The molecule has 0 bridgehead atoms. The molecule has 3 heteroatoms. The van der Waals surface area contributed by atoms with Gasteiger partial charge in [-0.1, -0.05) is 20.8 Å². The Balaban J connectivity index is 1.94. The summed E-state index contributed by atoms with van der Waals surface area (Å²) in [6.07, 6.45) is 9.85. The third-order valence-electron chi connectivity index (χ3n) is 4.60. The summed E-state index contributed by atoms with van der Waals surface area (Å²) in [5.74, 6) is 2.43. The molecule has 1 aromatic heterocycles. The van der Waals surface area contributed by atoms with E-state index in [1.165, 1.54) is 25.7 Å². The molecule has 1 saturated carbocycles. The summed E-state index contributed by atoms with van der Waals surface area (Å²) in [5.41, 5.74) is 7.39. The molecule has 1 aliphatic carbocycles. The fourth-order valence-corrected chi connectivity index (χ4v) is 3.27. The molecule has 0 aromatic carbocycles. The molecule has 2 rings (SSSR count). The zero-order valence-electron chi connectivity index (χ0n) is 13.4. The van der Waals surface area contributed by atoms with E-state index in [1.54, 1.807) is 0 Å². The van der Waals surface area contributed by atoms with E-state index >= 15 is 0 Å². The highest BCUT2D eigenvalue weighted by atomic mass is 14.9. The Bertz CT molecular complexity index is 409. The van der Waals surface area contributed by atoms with Gasteiger partial charge in [0.1, 0.15) is 5.82 Å². The number of nitrogens with two attached hydrogens (primary N) is 1. The van der Waals surface area contributed by atoms with Crippen LogP contribution in [-0.4, -0.2) is 16.0 Å². The molecule has 1 aromatic rings. The van der Waals surface area contributed by atoms with Crippen molar-refractivity contribution in [3.8, 4) is 0 Å². The summed E-state index contributed by atoms with van der Waals surface area (Å²) in [6.45, 7) is 9.09. The first kappa shape index (κ1) is 15.4. The van der Waals surface area contributed by atoms with Crippen molar-refractivity contribution >= 4 is 0 Å². The zero-order valence-corrected chi connectivity index (χ0v) is 13.4. The SMILES string of the molecule is CC(N)Cc1cnc(C2CCC(C(C)(C)C)CC2)nc1. The van der Waals surface area contributed by atoms with Crippen LogP contribution in [0.2, 0.25) is 0 Å². The average molecular weight is 275 g/mol. The molecule has 1 fully saturated rings. The molecule has 1 atom stereocenters. The minimum absolute atomic E-state index is 0.173. The summed E-state index contributed by atoms with van der Waals surface area (Å²) in [4.78, 5) is 9.15. The maximum Gasteiger partial charge on any atom is 0.131 e. The first-order valence-corrected chi connectivity index (χ1v) is 7.92. The maximum atomic E-state index is 5.81. The summed E-state index contributed by atoms with van der Waals surface area (Å²) in [6, 6.07) is 0.173. The van der Waals surface area contributed by atoms with Gasteiger partial charge in [0.05, 0.1) is 0 Å². The van der Waals surface area contributed by atoms with E-state index in [-0.39, 0.29) is 6.04 Å². The van der Waals surface area contributed by atoms with Gasteiger partial charge in [0.15, 0.2) is 0 Å². The van der Waals surface area contributed by atoms with E-state index in [0.717, 1.165) is 23.7 Å². The van der Waals surface area contributed by atoms with Crippen molar-refractivity contribution in [1.29, 1.82) is 0 Å². The fraction of sp³-hybridized carbons (Fsp3) is 0.765. The second-order valence-electron chi connectivity index (χ2n) is 7.55. The van der Waals surface area contributed by atoms with E-state index in [4.69, 9.17) is 5.73 Å². The van der Waals surface area contributed by atoms with Crippen molar-refractivity contribution in [3.05, 3.63) is 23.8 Å². The summed E-state index contributed by atoms with van der Waals surface area (Å²) in [5, 5.41) is 0. The van der Waals surface area contributed by atoms with Crippen LogP contribution in [0.5, 0.6) is 0 Å². The predicted octanol–water partition coefficient (Wildman–Crippen LogP) is 3.69. The van der Waals surface area contributed by atoms with Gasteiger partial charge in [-0.25, -0.2) is 9.97 Å². The number of nitrogens with zero attached hydrogens (tertiary/aromatic N) is 2. The lowest BCUT2D eigenvalue weighted by atomic mass is 9.70. The lowest BCUT2D eigenvalue weighted by Gasteiger charge is -2.36. The van der Waals surface area contributed by atoms with Crippen LogP contribution in [0, 0.1) is 11.3 Å². The molecule has 0 spiro atoms. The lowest BCUT2D eigenvalue weighted by molar-refractivity contribution is 0.167. The second-order valence-corrected chi connectivity index (χ2v) is 7.55. The zero-order chi connectivity index (χ0) is 14.8. The van der Waals surface area contributed by atoms with Crippen molar-refractivity contribution in [2.45, 2.75) is 71.8 Å². The summed E-state index contributed by atoms with van der Waals surface area (Å²) >= 11 is 0. The number of hydrogen-bond acceptors (Lipinski definition) is 3. The van der Waals surface area contributed by atoms with Gasteiger partial charge < -0.3 is 5.73 Å². The van der Waals surface area contributed by atoms with Crippen molar-refractivity contribution in [1.82, 2.24) is 9.97 Å². The number of rotatable bonds is 3. The van der Waals surface area contributed by atoms with Crippen LogP contribution in [0.3, 0.4) is 0 Å². The normalized spacial score (nSPS) is 25.4. The summed E-state index contributed by atoms with van der Waals surface area (Å²) < 4.78 is 0. The molecule has 3 nitrogen and oxygen atoms in total. The molecule has 112 valence electrons. The van der Waals surface area contributed by atoms with Crippen molar-refractivity contribution in [2.24, 2.45) is 17.1 Å². The Morgan fingerprint density at radius 1 is 1.15 bits per heavy atom. The second kappa shape index (κ2) is 6.21. The largest absolute Gasteiger partial charge is 0.328 e. The Kier molecular flexibility index (Phi) is 4.79. The van der Waals surface area contributed by atoms with Crippen molar-refractivity contribution in [3.63, 3.8) is 0 Å². The van der Waals surface area contributed by atoms with Gasteiger partial charge in [-0.05, 0) is 55.9 Å². The molecular weight excluding hydrogens is 246 g/mol. The van der Waals surface area contributed by atoms with Crippen LogP contribution >= 0.6 is 0 Å². The fourth-order valence-electron chi connectivity index (χ4n) is 3.27. The van der Waals surface area contributed by atoms with Gasteiger partial charge >= 0.3 is 0 Å². The molecule has 0 amide bonds. The standard InChI is InChI=1S/C17H29N3/c1-12(18)9-13-10-19-16(20-11-13)14-5-7-15(8-6-14)17(2,3)4/h10-12,14-15H,5-9,18H2,1-4H3. The molecule has 20 heavy (non-hydrogen) atoms. The van der Waals surface area contributed by atoms with Gasteiger partial charge in [0.2, 0.25) is 0 Å². The molecule has 0 aliphatic heterocycles. The van der Waals surface area contributed by atoms with E-state index in [0.29, 0.717) is 11.3 Å². The van der Waals surface area contributed by atoms with Gasteiger partial charge in [0.25, 0.3) is 0 Å². The Hall–Kier alpha value is -0.960. The van der Waals surface area contributed by atoms with E-state index in [9.17, 15) is 0 Å². The molecule has 1 unspecified atom stereocenters. The first-order chi connectivity index (χ1) is 9.36. The Labute approximate surface area is 123 Å². The highest BCUT2D eigenvalue weighted by molar-refractivity contribution is 5.09. The molecule has 1 heterocycles. The predicted molar refractivity (Wildman–Crippen MR) is 83.5 cm³/mol. The van der Waals surface area contributed by atoms with E-state index in [1.807, 2.05) is 19.3 Å². The van der Waals surface area contributed by atoms with Crippen LogP contribution in [0.1, 0.15) is 70.7 Å². The topological polar surface area (TPSA) is 51.8 Å². The molecule has 2 N–H and O–H groups in total. The summed E-state index contributed by atoms with van der Waals surface area (Å²) in [7, 11) is 0. The molecule has 0 saturated heterocycles. The number of hydrogen-bond donors (Lipinski definition) is 1. The molecule has 0 radical (unpaired) electrons. The Morgan fingerprint density at radius 2 is 1.70 bits per heavy atom. The van der Waals surface area contributed by atoms with Crippen molar-refractivity contribution < 1.29 is 0 Å². The van der Waals surface area contributed by atoms with Gasteiger partial charge in [-0.15, -0.1) is 0 Å². The first-order valence-electron chi connectivity index (χ1n) is 7.92. The quantitative estimate of drug-likeness (QED) is 0.915. The van der Waals surface area contributed by atoms with Crippen LogP contribution in [-0.2, 0) is 6.42 Å². The highest BCUT2D eigenvalue weighted by Crippen LogP contribution is 2.42. The molecular formula is C17H29N3. The van der Waals surface area contributed by atoms with Gasteiger partial charge in [-0.2, -0.15) is 0 Å². The van der Waals surface area contributed by atoms with Crippen LogP contribution in [0.25, 0.3) is 0 Å². The van der Waals surface area contributed by atoms with Crippen LogP contribution < -0.4 is 5.73 Å².